The molecule has 0 unspecified atom stereocenters. The van der Waals surface area contributed by atoms with Gasteiger partial charge in [-0.15, -0.1) is 0 Å². The van der Waals surface area contributed by atoms with E-state index in [4.69, 9.17) is 9.72 Å². The summed E-state index contributed by atoms with van der Waals surface area (Å²) in [5.74, 6) is 1.62. The van der Waals surface area contributed by atoms with Gasteiger partial charge in [0, 0.05) is 37.1 Å². The van der Waals surface area contributed by atoms with Crippen LogP contribution in [0.1, 0.15) is 24.2 Å². The molecule has 144 valence electrons. The zero-order valence-corrected chi connectivity index (χ0v) is 16.1. The lowest BCUT2D eigenvalue weighted by Gasteiger charge is -2.29. The lowest BCUT2D eigenvalue weighted by molar-refractivity contribution is -0.0108. The fourth-order valence-electron chi connectivity index (χ4n) is 5.04. The number of ether oxygens (including phenoxy) is 1. The number of aromatic nitrogens is 2. The molecule has 3 heterocycles. The van der Waals surface area contributed by atoms with E-state index in [-0.39, 0.29) is 5.92 Å². The molecule has 1 saturated heterocycles. The standard InChI is InChI=1S/C23H25N3O2/c1-28-19-7-8-21-16(12-19)5-6-18(25-21)14-26-13-17-9-10-23(27,20(17)15-26)22-4-2-3-11-24-22/h2-8,11-12,17,20,27H,9-10,13-15H2,1H3/t17-,20+,23-/m0/s1. The van der Waals surface area contributed by atoms with Crippen molar-refractivity contribution in [1.29, 1.82) is 0 Å². The molecule has 1 aliphatic heterocycles. The van der Waals surface area contributed by atoms with Crippen LogP contribution in [0.3, 0.4) is 0 Å². The average molecular weight is 375 g/mol. The van der Waals surface area contributed by atoms with Crippen LogP contribution in [0.15, 0.2) is 54.7 Å². The van der Waals surface area contributed by atoms with E-state index in [2.05, 4.69) is 22.0 Å². The lowest BCUT2D eigenvalue weighted by atomic mass is 9.85. The SMILES string of the molecule is COc1ccc2nc(CN3C[C@@H]4CC[C@@](O)(c5ccccn5)[C@@H]4C3)ccc2c1. The average Bonchev–Trinajstić information content (AvgIpc) is 3.28. The molecule has 2 aromatic heterocycles. The maximum Gasteiger partial charge on any atom is 0.119 e. The smallest absolute Gasteiger partial charge is 0.119 e. The second kappa shape index (κ2) is 6.83. The summed E-state index contributed by atoms with van der Waals surface area (Å²) in [5, 5.41) is 12.5. The van der Waals surface area contributed by atoms with Crippen molar-refractivity contribution in [2.45, 2.75) is 25.0 Å². The van der Waals surface area contributed by atoms with Crippen LogP contribution in [-0.2, 0) is 12.1 Å². The lowest BCUT2D eigenvalue weighted by Crippen LogP contribution is -2.35. The quantitative estimate of drug-likeness (QED) is 0.758. The van der Waals surface area contributed by atoms with Crippen LogP contribution in [-0.4, -0.2) is 40.2 Å². The Kier molecular flexibility index (Phi) is 4.29. The summed E-state index contributed by atoms with van der Waals surface area (Å²) in [4.78, 5) is 11.7. The van der Waals surface area contributed by atoms with Crippen molar-refractivity contribution in [3.8, 4) is 5.75 Å². The molecule has 5 rings (SSSR count). The monoisotopic (exact) mass is 375 g/mol. The Morgan fingerprint density at radius 1 is 1.18 bits per heavy atom. The van der Waals surface area contributed by atoms with Gasteiger partial charge >= 0.3 is 0 Å². The number of methoxy groups -OCH3 is 1. The molecule has 1 N–H and O–H groups in total. The minimum atomic E-state index is -0.798. The fraction of sp³-hybridized carbons (Fsp3) is 0.391. The highest BCUT2D eigenvalue weighted by atomic mass is 16.5. The number of fused-ring (bicyclic) bond motifs is 2. The van der Waals surface area contributed by atoms with Crippen LogP contribution in [0.2, 0.25) is 0 Å². The number of benzene rings is 1. The van der Waals surface area contributed by atoms with E-state index in [0.717, 1.165) is 60.5 Å². The van der Waals surface area contributed by atoms with Crippen LogP contribution in [0, 0.1) is 11.8 Å². The highest BCUT2D eigenvalue weighted by molar-refractivity contribution is 5.80. The fourth-order valence-corrected chi connectivity index (χ4v) is 5.04. The Morgan fingerprint density at radius 3 is 2.93 bits per heavy atom. The first-order valence-corrected chi connectivity index (χ1v) is 9.95. The van der Waals surface area contributed by atoms with Gasteiger partial charge in [-0.2, -0.15) is 0 Å². The van der Waals surface area contributed by atoms with Crippen molar-refractivity contribution in [2.75, 3.05) is 20.2 Å². The summed E-state index contributed by atoms with van der Waals surface area (Å²) in [6.07, 6.45) is 3.64. The molecule has 5 nitrogen and oxygen atoms in total. The molecule has 0 bridgehead atoms. The predicted molar refractivity (Wildman–Crippen MR) is 108 cm³/mol. The van der Waals surface area contributed by atoms with E-state index in [1.165, 1.54) is 0 Å². The largest absolute Gasteiger partial charge is 0.497 e. The first-order valence-electron chi connectivity index (χ1n) is 9.95. The van der Waals surface area contributed by atoms with Crippen molar-refractivity contribution in [2.24, 2.45) is 11.8 Å². The number of nitrogens with zero attached hydrogens (tertiary/aromatic N) is 3. The van der Waals surface area contributed by atoms with E-state index in [1.54, 1.807) is 13.3 Å². The molecule has 2 aliphatic rings. The molecular formula is C23H25N3O2. The normalized spacial score (nSPS) is 27.2. The minimum Gasteiger partial charge on any atom is -0.497 e. The van der Waals surface area contributed by atoms with E-state index in [1.807, 2.05) is 36.4 Å². The molecule has 1 aromatic carbocycles. The maximum atomic E-state index is 11.4. The van der Waals surface area contributed by atoms with E-state index >= 15 is 0 Å². The second-order valence-corrected chi connectivity index (χ2v) is 8.10. The van der Waals surface area contributed by atoms with Gasteiger partial charge in [0.2, 0.25) is 0 Å². The third-order valence-electron chi connectivity index (χ3n) is 6.47. The maximum absolute atomic E-state index is 11.4. The van der Waals surface area contributed by atoms with Crippen molar-refractivity contribution < 1.29 is 9.84 Å². The van der Waals surface area contributed by atoms with E-state index in [9.17, 15) is 5.11 Å². The number of rotatable bonds is 4. The van der Waals surface area contributed by atoms with Crippen molar-refractivity contribution >= 4 is 10.9 Å². The molecule has 0 spiro atoms. The zero-order valence-electron chi connectivity index (χ0n) is 16.1. The Labute approximate surface area is 165 Å². The van der Waals surface area contributed by atoms with Crippen molar-refractivity contribution in [1.82, 2.24) is 14.9 Å². The van der Waals surface area contributed by atoms with Gasteiger partial charge in [0.25, 0.3) is 0 Å². The van der Waals surface area contributed by atoms with Gasteiger partial charge in [0.1, 0.15) is 11.4 Å². The molecule has 28 heavy (non-hydrogen) atoms. The molecular weight excluding hydrogens is 350 g/mol. The molecule has 0 amide bonds. The number of likely N-dealkylation sites (tertiary alicyclic amines) is 1. The summed E-state index contributed by atoms with van der Waals surface area (Å²) >= 11 is 0. The number of hydrogen-bond acceptors (Lipinski definition) is 5. The van der Waals surface area contributed by atoms with Gasteiger partial charge in [-0.25, -0.2) is 0 Å². The minimum absolute atomic E-state index is 0.243. The molecule has 2 fully saturated rings. The van der Waals surface area contributed by atoms with E-state index < -0.39 is 5.60 Å². The van der Waals surface area contributed by atoms with E-state index in [0.29, 0.717) is 5.92 Å². The Bertz CT molecular complexity index is 994. The van der Waals surface area contributed by atoms with Gasteiger partial charge < -0.3 is 9.84 Å². The molecule has 1 aliphatic carbocycles. The first-order chi connectivity index (χ1) is 13.7. The third-order valence-corrected chi connectivity index (χ3v) is 6.47. The van der Waals surface area contributed by atoms with Crippen molar-refractivity contribution in [3.63, 3.8) is 0 Å². The Balaban J connectivity index is 1.33. The van der Waals surface area contributed by atoms with Crippen LogP contribution < -0.4 is 4.74 Å². The van der Waals surface area contributed by atoms with Crippen LogP contribution in [0.4, 0.5) is 0 Å². The summed E-state index contributed by atoms with van der Waals surface area (Å²) in [6, 6.07) is 16.0. The summed E-state index contributed by atoms with van der Waals surface area (Å²) in [7, 11) is 1.68. The van der Waals surface area contributed by atoms with Crippen LogP contribution in [0.5, 0.6) is 5.75 Å². The Morgan fingerprint density at radius 2 is 2.11 bits per heavy atom. The zero-order chi connectivity index (χ0) is 19.1. The predicted octanol–water partition coefficient (Wildman–Crippen LogP) is 3.37. The van der Waals surface area contributed by atoms with Gasteiger partial charge in [-0.3, -0.25) is 14.9 Å². The first kappa shape index (κ1) is 17.6. The van der Waals surface area contributed by atoms with Crippen LogP contribution in [0.25, 0.3) is 10.9 Å². The molecule has 0 radical (unpaired) electrons. The van der Waals surface area contributed by atoms with Gasteiger partial charge in [-0.1, -0.05) is 12.1 Å². The summed E-state index contributed by atoms with van der Waals surface area (Å²) in [5.41, 5.74) is 2.08. The summed E-state index contributed by atoms with van der Waals surface area (Å²) in [6.45, 7) is 2.72. The molecule has 1 saturated carbocycles. The Hall–Kier alpha value is -2.50. The molecule has 3 aromatic rings. The number of hydrogen-bond donors (Lipinski definition) is 1. The van der Waals surface area contributed by atoms with Crippen LogP contribution >= 0.6 is 0 Å². The van der Waals surface area contributed by atoms with Gasteiger partial charge in [0.05, 0.1) is 24.0 Å². The van der Waals surface area contributed by atoms with Gasteiger partial charge in [-0.05, 0) is 55.2 Å². The number of pyridine rings is 2. The highest BCUT2D eigenvalue weighted by Crippen LogP contribution is 2.50. The number of aliphatic hydroxyl groups is 1. The second-order valence-electron chi connectivity index (χ2n) is 8.10. The summed E-state index contributed by atoms with van der Waals surface area (Å²) < 4.78 is 5.29. The topological polar surface area (TPSA) is 58.5 Å². The third kappa shape index (κ3) is 2.95. The van der Waals surface area contributed by atoms with Gasteiger partial charge in [0.15, 0.2) is 0 Å². The molecule has 3 atom stereocenters. The molecule has 5 heteroatoms. The van der Waals surface area contributed by atoms with Crippen molar-refractivity contribution in [3.05, 3.63) is 66.1 Å². The highest BCUT2D eigenvalue weighted by Gasteiger charge is 2.53.